The first-order valence-corrected chi connectivity index (χ1v) is 7.53. The Balaban J connectivity index is 2.08. The molecule has 1 heterocycles. The molecule has 0 saturated heterocycles. The number of methoxy groups -OCH3 is 1. The minimum absolute atomic E-state index is 0.148. The van der Waals surface area contributed by atoms with Crippen molar-refractivity contribution >= 4 is 0 Å². The van der Waals surface area contributed by atoms with E-state index in [4.69, 9.17) is 18.6 Å². The Labute approximate surface area is 135 Å². The van der Waals surface area contributed by atoms with Crippen molar-refractivity contribution < 1.29 is 18.6 Å². The monoisotopic (exact) mass is 318 g/mol. The van der Waals surface area contributed by atoms with Gasteiger partial charge in [-0.1, -0.05) is 26.0 Å². The van der Waals surface area contributed by atoms with Gasteiger partial charge in [0.1, 0.15) is 18.1 Å². The molecule has 0 spiro atoms. The van der Waals surface area contributed by atoms with Gasteiger partial charge in [-0.15, -0.1) is 0 Å². The van der Waals surface area contributed by atoms with Crippen LogP contribution < -0.4 is 19.8 Å². The van der Waals surface area contributed by atoms with Crippen LogP contribution in [0.4, 0.5) is 0 Å². The Hall–Kier alpha value is -2.43. The van der Waals surface area contributed by atoms with Crippen molar-refractivity contribution in [3.05, 3.63) is 51.9 Å². The molecule has 124 valence electrons. The number of rotatable bonds is 7. The molecule has 0 amide bonds. The molecular weight excluding hydrogens is 296 g/mol. The molecule has 0 aliphatic heterocycles. The number of hydrogen-bond acceptors (Lipinski definition) is 5. The van der Waals surface area contributed by atoms with Crippen LogP contribution in [0.25, 0.3) is 0 Å². The lowest BCUT2D eigenvalue weighted by Crippen LogP contribution is -2.11. The van der Waals surface area contributed by atoms with Gasteiger partial charge in [0.2, 0.25) is 0 Å². The van der Waals surface area contributed by atoms with Crippen LogP contribution in [0.3, 0.4) is 0 Å². The predicted octanol–water partition coefficient (Wildman–Crippen LogP) is 3.57. The molecule has 0 fully saturated rings. The maximum absolute atomic E-state index is 11.9. The van der Waals surface area contributed by atoms with Crippen LogP contribution in [0.15, 0.2) is 39.5 Å². The zero-order chi connectivity index (χ0) is 16.8. The van der Waals surface area contributed by atoms with Crippen LogP contribution in [-0.4, -0.2) is 13.7 Å². The quantitative estimate of drug-likeness (QED) is 0.781. The van der Waals surface area contributed by atoms with E-state index in [1.165, 1.54) is 0 Å². The van der Waals surface area contributed by atoms with E-state index in [-0.39, 0.29) is 5.95 Å². The minimum Gasteiger partial charge on any atom is -0.497 e. The highest BCUT2D eigenvalue weighted by atomic mass is 16.6. The summed E-state index contributed by atoms with van der Waals surface area (Å²) in [5, 5.41) is 0. The molecule has 0 aliphatic rings. The molecule has 5 heteroatoms. The second-order valence-corrected chi connectivity index (χ2v) is 5.68. The van der Waals surface area contributed by atoms with Gasteiger partial charge in [-0.05, 0) is 30.5 Å². The molecule has 1 aromatic heterocycles. The van der Waals surface area contributed by atoms with E-state index >= 15 is 0 Å². The normalized spacial score (nSPS) is 10.7. The molecule has 0 N–H and O–H groups in total. The van der Waals surface area contributed by atoms with Crippen molar-refractivity contribution in [1.29, 1.82) is 0 Å². The van der Waals surface area contributed by atoms with Crippen LogP contribution in [-0.2, 0) is 6.61 Å². The van der Waals surface area contributed by atoms with E-state index < -0.39 is 5.63 Å². The van der Waals surface area contributed by atoms with Crippen LogP contribution in [0.5, 0.6) is 17.4 Å². The van der Waals surface area contributed by atoms with Gasteiger partial charge in [-0.25, -0.2) is 4.79 Å². The second kappa shape index (κ2) is 7.72. The van der Waals surface area contributed by atoms with Gasteiger partial charge < -0.3 is 18.6 Å². The molecule has 0 atom stereocenters. The fraction of sp³-hybridized carbons (Fsp3) is 0.389. The van der Waals surface area contributed by atoms with Gasteiger partial charge in [0, 0.05) is 0 Å². The van der Waals surface area contributed by atoms with E-state index in [9.17, 15) is 4.79 Å². The van der Waals surface area contributed by atoms with Gasteiger partial charge in [-0.3, -0.25) is 0 Å². The Morgan fingerprint density at radius 1 is 1.13 bits per heavy atom. The van der Waals surface area contributed by atoms with Gasteiger partial charge in [-0.2, -0.15) is 0 Å². The minimum atomic E-state index is -0.448. The summed E-state index contributed by atoms with van der Waals surface area (Å²) in [7, 11) is 1.62. The first-order chi connectivity index (χ1) is 11.0. The number of ether oxygens (including phenoxy) is 3. The smallest absolute Gasteiger partial charge is 0.345 e. The molecule has 23 heavy (non-hydrogen) atoms. The average molecular weight is 318 g/mol. The van der Waals surface area contributed by atoms with Crippen LogP contribution in [0.2, 0.25) is 0 Å². The van der Waals surface area contributed by atoms with Crippen molar-refractivity contribution in [2.24, 2.45) is 5.92 Å². The fourth-order valence-corrected chi connectivity index (χ4v) is 1.87. The molecule has 2 aromatic rings. The van der Waals surface area contributed by atoms with Gasteiger partial charge in [0.05, 0.1) is 25.3 Å². The molecule has 1 aromatic carbocycles. The summed E-state index contributed by atoms with van der Waals surface area (Å²) in [5.41, 5.74) is 0.942. The molecule has 0 unspecified atom stereocenters. The number of benzene rings is 1. The van der Waals surface area contributed by atoms with Crippen molar-refractivity contribution in [3.63, 3.8) is 0 Å². The first kappa shape index (κ1) is 16.9. The van der Waals surface area contributed by atoms with Crippen LogP contribution in [0.1, 0.15) is 25.0 Å². The van der Waals surface area contributed by atoms with E-state index in [1.54, 1.807) is 20.1 Å². The van der Waals surface area contributed by atoms with Gasteiger partial charge in [0.25, 0.3) is 5.95 Å². The van der Waals surface area contributed by atoms with Gasteiger partial charge >= 0.3 is 5.63 Å². The molecule has 0 saturated carbocycles. The van der Waals surface area contributed by atoms with E-state index in [0.29, 0.717) is 30.4 Å². The Kier molecular flexibility index (Phi) is 5.68. The second-order valence-electron chi connectivity index (χ2n) is 5.68. The zero-order valence-corrected chi connectivity index (χ0v) is 13.9. The summed E-state index contributed by atoms with van der Waals surface area (Å²) in [6.07, 6.45) is 0. The highest BCUT2D eigenvalue weighted by molar-refractivity contribution is 5.32. The Morgan fingerprint density at radius 3 is 2.43 bits per heavy atom. The summed E-state index contributed by atoms with van der Waals surface area (Å²) >= 11 is 0. The lowest BCUT2D eigenvalue weighted by Gasteiger charge is -2.12. The highest BCUT2D eigenvalue weighted by Gasteiger charge is 2.11. The standard InChI is InChI=1S/C18H22O5/c1-12(2)10-21-16-9-17(23-18(19)13(16)3)22-11-14-5-7-15(20-4)8-6-14/h5-9,12H,10-11H2,1-4H3. The molecule has 2 rings (SSSR count). The molecule has 0 radical (unpaired) electrons. The largest absolute Gasteiger partial charge is 0.497 e. The van der Waals surface area contributed by atoms with E-state index in [2.05, 4.69) is 0 Å². The van der Waals surface area contributed by atoms with Crippen LogP contribution in [0, 0.1) is 12.8 Å². The van der Waals surface area contributed by atoms with Crippen molar-refractivity contribution in [2.75, 3.05) is 13.7 Å². The maximum atomic E-state index is 11.9. The maximum Gasteiger partial charge on any atom is 0.345 e. The third-order valence-corrected chi connectivity index (χ3v) is 3.23. The van der Waals surface area contributed by atoms with E-state index in [0.717, 1.165) is 11.3 Å². The highest BCUT2D eigenvalue weighted by Crippen LogP contribution is 2.22. The lowest BCUT2D eigenvalue weighted by atomic mass is 10.2. The molecule has 5 nitrogen and oxygen atoms in total. The summed E-state index contributed by atoms with van der Waals surface area (Å²) in [6, 6.07) is 9.09. The van der Waals surface area contributed by atoms with Gasteiger partial charge in [0.15, 0.2) is 0 Å². The number of hydrogen-bond donors (Lipinski definition) is 0. The SMILES string of the molecule is COc1ccc(COc2cc(OCC(C)C)c(C)c(=O)o2)cc1. The summed E-state index contributed by atoms with van der Waals surface area (Å²) < 4.78 is 21.5. The topological polar surface area (TPSA) is 57.9 Å². The zero-order valence-electron chi connectivity index (χ0n) is 13.9. The van der Waals surface area contributed by atoms with Crippen LogP contribution >= 0.6 is 0 Å². The Bertz CT molecular complexity index is 686. The average Bonchev–Trinajstić information content (AvgIpc) is 2.55. The first-order valence-electron chi connectivity index (χ1n) is 7.53. The van der Waals surface area contributed by atoms with Crippen molar-refractivity contribution in [2.45, 2.75) is 27.4 Å². The molecule has 0 bridgehead atoms. The van der Waals surface area contributed by atoms with Crippen molar-refractivity contribution in [1.82, 2.24) is 0 Å². The summed E-state index contributed by atoms with van der Waals surface area (Å²) in [6.45, 7) is 6.58. The van der Waals surface area contributed by atoms with E-state index in [1.807, 2.05) is 38.1 Å². The van der Waals surface area contributed by atoms with Crippen molar-refractivity contribution in [3.8, 4) is 17.4 Å². The third kappa shape index (κ3) is 4.77. The fourth-order valence-electron chi connectivity index (χ4n) is 1.87. The summed E-state index contributed by atoms with van der Waals surface area (Å²) in [4.78, 5) is 11.9. The Morgan fingerprint density at radius 2 is 1.83 bits per heavy atom. The molecular formula is C18H22O5. The molecule has 0 aliphatic carbocycles. The predicted molar refractivity (Wildman–Crippen MR) is 87.4 cm³/mol. The third-order valence-electron chi connectivity index (χ3n) is 3.23. The summed E-state index contributed by atoms with van der Waals surface area (Å²) in [5.74, 6) is 1.79. The lowest BCUT2D eigenvalue weighted by molar-refractivity contribution is 0.210.